The maximum atomic E-state index is 12.5. The molecule has 2 fully saturated rings. The lowest BCUT2D eigenvalue weighted by Gasteiger charge is -2.36. The largest absolute Gasteiger partial charge is 0.456 e. The van der Waals surface area contributed by atoms with Crippen molar-refractivity contribution in [3.63, 3.8) is 0 Å². The fourth-order valence-corrected chi connectivity index (χ4v) is 3.83. The summed E-state index contributed by atoms with van der Waals surface area (Å²) in [5.41, 5.74) is -0.864. The minimum absolute atomic E-state index is 0.0265. The third-order valence-electron chi connectivity index (χ3n) is 5.65. The molecule has 0 amide bonds. The van der Waals surface area contributed by atoms with Gasteiger partial charge in [-0.2, -0.15) is 0 Å². The van der Waals surface area contributed by atoms with Crippen LogP contribution in [0.3, 0.4) is 0 Å². The zero-order chi connectivity index (χ0) is 18.1. The number of carbonyl (C=O) groups excluding carboxylic acids is 2. The summed E-state index contributed by atoms with van der Waals surface area (Å²) in [5, 5.41) is 0. The smallest absolute Gasteiger partial charge is 0.316 e. The van der Waals surface area contributed by atoms with Crippen LogP contribution in [-0.4, -0.2) is 18.0 Å². The number of hydrogen-bond acceptors (Lipinski definition) is 4. The van der Waals surface area contributed by atoms with Gasteiger partial charge >= 0.3 is 11.9 Å². The zero-order valence-electron chi connectivity index (χ0n) is 15.5. The highest BCUT2D eigenvalue weighted by Gasteiger charge is 2.75. The van der Waals surface area contributed by atoms with Crippen molar-refractivity contribution in [2.45, 2.75) is 65.6 Å². The number of esters is 2. The maximum absolute atomic E-state index is 12.5. The zero-order valence-corrected chi connectivity index (χ0v) is 15.5. The Bertz CT molecular complexity index is 704. The Kier molecular flexibility index (Phi) is 3.27. The van der Waals surface area contributed by atoms with Crippen molar-refractivity contribution < 1.29 is 19.1 Å². The second-order valence-electron chi connectivity index (χ2n) is 9.08. The molecule has 0 saturated carbocycles. The van der Waals surface area contributed by atoms with Gasteiger partial charge in [-0.15, -0.1) is 0 Å². The molecule has 0 aliphatic carbocycles. The highest BCUT2D eigenvalue weighted by atomic mass is 16.6. The van der Waals surface area contributed by atoms with Crippen molar-refractivity contribution in [2.75, 3.05) is 0 Å². The van der Waals surface area contributed by atoms with Gasteiger partial charge in [0, 0.05) is 5.56 Å². The maximum Gasteiger partial charge on any atom is 0.316 e. The van der Waals surface area contributed by atoms with Gasteiger partial charge in [-0.1, -0.05) is 45.0 Å². The van der Waals surface area contributed by atoms with E-state index in [0.717, 1.165) is 5.56 Å². The molecule has 2 heterocycles. The molecule has 24 heavy (non-hydrogen) atoms. The van der Waals surface area contributed by atoms with Crippen molar-refractivity contribution >= 4 is 11.9 Å². The first-order valence-corrected chi connectivity index (χ1v) is 8.41. The van der Waals surface area contributed by atoms with Crippen LogP contribution in [0.4, 0.5) is 0 Å². The molecular weight excluding hydrogens is 304 g/mol. The van der Waals surface area contributed by atoms with Crippen LogP contribution >= 0.6 is 0 Å². The number of benzene rings is 1. The summed E-state index contributed by atoms with van der Waals surface area (Å²) in [6.07, 6.45) is -0.625. The van der Waals surface area contributed by atoms with Gasteiger partial charge in [-0.25, -0.2) is 0 Å². The van der Waals surface area contributed by atoms with E-state index in [1.54, 1.807) is 27.7 Å². The van der Waals surface area contributed by atoms with Crippen LogP contribution in [0.15, 0.2) is 24.3 Å². The molecule has 2 aliphatic rings. The molecule has 2 aliphatic heterocycles. The molecule has 4 nitrogen and oxygen atoms in total. The summed E-state index contributed by atoms with van der Waals surface area (Å²) in [6, 6.07) is 8.01. The Balaban J connectivity index is 2.18. The molecule has 1 aromatic rings. The van der Waals surface area contributed by atoms with E-state index in [2.05, 4.69) is 20.8 Å². The normalized spacial score (nSPS) is 30.7. The first-order valence-electron chi connectivity index (χ1n) is 8.41. The van der Waals surface area contributed by atoms with E-state index in [4.69, 9.17) is 9.47 Å². The van der Waals surface area contributed by atoms with E-state index in [0.29, 0.717) is 0 Å². The lowest BCUT2D eigenvalue weighted by atomic mass is 9.66. The van der Waals surface area contributed by atoms with Crippen molar-refractivity contribution in [3.05, 3.63) is 35.4 Å². The van der Waals surface area contributed by atoms with Crippen molar-refractivity contribution in [1.29, 1.82) is 0 Å². The van der Waals surface area contributed by atoms with E-state index in [9.17, 15) is 9.59 Å². The fourth-order valence-electron chi connectivity index (χ4n) is 3.83. The highest BCUT2D eigenvalue weighted by Crippen LogP contribution is 2.61. The van der Waals surface area contributed by atoms with Crippen LogP contribution in [0.1, 0.15) is 59.6 Å². The van der Waals surface area contributed by atoms with Gasteiger partial charge in [0.15, 0.2) is 11.7 Å². The average molecular weight is 330 g/mol. The molecule has 2 atom stereocenters. The van der Waals surface area contributed by atoms with Crippen LogP contribution < -0.4 is 0 Å². The molecule has 0 bridgehead atoms. The number of rotatable bonds is 1. The molecule has 0 aromatic heterocycles. The lowest BCUT2D eigenvalue weighted by molar-refractivity contribution is -0.166. The van der Waals surface area contributed by atoms with Crippen molar-refractivity contribution in [1.82, 2.24) is 0 Å². The first kappa shape index (κ1) is 17.0. The Morgan fingerprint density at radius 3 is 1.96 bits per heavy atom. The van der Waals surface area contributed by atoms with E-state index >= 15 is 0 Å². The fraction of sp³-hybridized carbons (Fsp3) is 0.600. The third kappa shape index (κ3) is 1.92. The van der Waals surface area contributed by atoms with Crippen LogP contribution in [0.25, 0.3) is 0 Å². The van der Waals surface area contributed by atoms with Crippen molar-refractivity contribution in [2.24, 2.45) is 10.8 Å². The minimum Gasteiger partial charge on any atom is -0.456 e. The quantitative estimate of drug-likeness (QED) is 0.737. The summed E-state index contributed by atoms with van der Waals surface area (Å²) < 4.78 is 11.6. The second kappa shape index (κ2) is 4.62. The van der Waals surface area contributed by atoms with Crippen LogP contribution in [0.2, 0.25) is 0 Å². The summed E-state index contributed by atoms with van der Waals surface area (Å²) in [7, 11) is 0. The molecule has 0 unspecified atom stereocenters. The molecule has 1 aromatic carbocycles. The number of fused-ring (bicyclic) bond motifs is 1. The molecule has 2 saturated heterocycles. The van der Waals surface area contributed by atoms with E-state index in [1.807, 2.05) is 24.3 Å². The standard InChI is InChI=1S/C20H26O4/c1-17(2,3)12-8-10-13(11-9-12)20-14(18(4,5)15(21)24-20)23-16(22)19(20,6)7/h8-11,14H,1-7H3/t14-,20+/m0/s1. The highest BCUT2D eigenvalue weighted by molar-refractivity contribution is 5.89. The Labute approximate surface area is 143 Å². The first-order chi connectivity index (χ1) is 10.8. The number of carbonyl (C=O) groups is 2. The van der Waals surface area contributed by atoms with Gasteiger partial charge in [-0.3, -0.25) is 9.59 Å². The average Bonchev–Trinajstić information content (AvgIpc) is 2.80. The molecule has 0 radical (unpaired) electrons. The van der Waals surface area contributed by atoms with Crippen molar-refractivity contribution in [3.8, 4) is 0 Å². The predicted octanol–water partition coefficient (Wildman–Crippen LogP) is 3.71. The molecular formula is C20H26O4. The monoisotopic (exact) mass is 330 g/mol. The van der Waals surface area contributed by atoms with E-state index in [-0.39, 0.29) is 17.4 Å². The molecule has 0 spiro atoms. The predicted molar refractivity (Wildman–Crippen MR) is 90.4 cm³/mol. The van der Waals surface area contributed by atoms with Crippen LogP contribution in [-0.2, 0) is 30.1 Å². The van der Waals surface area contributed by atoms with Gasteiger partial charge < -0.3 is 9.47 Å². The van der Waals surface area contributed by atoms with Gasteiger partial charge in [0.25, 0.3) is 0 Å². The molecule has 130 valence electrons. The Morgan fingerprint density at radius 1 is 0.917 bits per heavy atom. The van der Waals surface area contributed by atoms with Crippen LogP contribution in [0, 0.1) is 10.8 Å². The SMILES string of the molecule is CC(C)(C)c1ccc([C@@]23OC(=O)C(C)(C)[C@@H]2OC(=O)C3(C)C)cc1. The van der Waals surface area contributed by atoms with Gasteiger partial charge in [0.2, 0.25) is 0 Å². The third-order valence-corrected chi connectivity index (χ3v) is 5.65. The lowest BCUT2D eigenvalue weighted by Crippen LogP contribution is -2.47. The summed E-state index contributed by atoms with van der Waals surface area (Å²) in [4.78, 5) is 25.0. The van der Waals surface area contributed by atoms with Crippen LogP contribution in [0.5, 0.6) is 0 Å². The van der Waals surface area contributed by atoms with E-state index < -0.39 is 22.5 Å². The summed E-state index contributed by atoms with van der Waals surface area (Å²) in [6.45, 7) is 13.6. The number of hydrogen-bond donors (Lipinski definition) is 0. The Hall–Kier alpha value is -1.84. The van der Waals surface area contributed by atoms with E-state index in [1.165, 1.54) is 5.56 Å². The molecule has 3 rings (SSSR count). The minimum atomic E-state index is -1.08. The summed E-state index contributed by atoms with van der Waals surface area (Å²) in [5.74, 6) is -0.652. The Morgan fingerprint density at radius 2 is 1.46 bits per heavy atom. The van der Waals surface area contributed by atoms with Gasteiger partial charge in [-0.05, 0) is 38.7 Å². The molecule has 4 heteroatoms. The summed E-state index contributed by atoms with van der Waals surface area (Å²) >= 11 is 0. The van der Waals surface area contributed by atoms with Gasteiger partial charge in [0.05, 0.1) is 0 Å². The second-order valence-corrected chi connectivity index (χ2v) is 9.08. The van der Waals surface area contributed by atoms with Gasteiger partial charge in [0.1, 0.15) is 10.8 Å². The topological polar surface area (TPSA) is 52.6 Å². The molecule has 0 N–H and O–H groups in total. The number of ether oxygens (including phenoxy) is 2.